The van der Waals surface area contributed by atoms with Gasteiger partial charge in [0, 0.05) is 12.2 Å². The lowest BCUT2D eigenvalue weighted by Crippen LogP contribution is -2.60. The molecule has 4 rings (SSSR count). The number of nitrogens with zero attached hydrogens (tertiary/aromatic N) is 2. The summed E-state index contributed by atoms with van der Waals surface area (Å²) in [6.07, 6.45) is 5.37. The Labute approximate surface area is 238 Å². The topological polar surface area (TPSA) is 96.4 Å². The Kier molecular flexibility index (Phi) is 8.62. The van der Waals surface area contributed by atoms with E-state index in [-0.39, 0.29) is 37.5 Å². The summed E-state index contributed by atoms with van der Waals surface area (Å²) in [6, 6.07) is 4.22. The van der Waals surface area contributed by atoms with Crippen LogP contribution in [0, 0.1) is 31.6 Å². The monoisotopic (exact) mass is 552 g/mol. The Hall–Kier alpha value is -2.97. The molecule has 0 aliphatic carbocycles. The van der Waals surface area contributed by atoms with Gasteiger partial charge in [-0.1, -0.05) is 51.1 Å². The van der Waals surface area contributed by atoms with Gasteiger partial charge in [-0.15, -0.1) is 13.2 Å². The summed E-state index contributed by atoms with van der Waals surface area (Å²) in [5.74, 6) is -2.93. The fraction of sp³-hybridized carbons (Fsp3) is 0.594. The van der Waals surface area contributed by atoms with Crippen LogP contribution in [0.3, 0.4) is 0 Å². The van der Waals surface area contributed by atoms with Gasteiger partial charge in [-0.25, -0.2) is 0 Å². The number of esters is 1. The molecule has 2 amide bonds. The molecule has 3 aliphatic heterocycles. The number of benzene rings is 1. The Morgan fingerprint density at radius 1 is 1.23 bits per heavy atom. The molecule has 1 N–H and O–H groups in total. The van der Waals surface area contributed by atoms with Gasteiger partial charge < -0.3 is 24.4 Å². The van der Waals surface area contributed by atoms with E-state index in [2.05, 4.69) is 13.2 Å². The normalized spacial score (nSPS) is 29.4. The molecule has 3 aliphatic rings. The van der Waals surface area contributed by atoms with Crippen LogP contribution in [-0.2, 0) is 23.9 Å². The first-order valence-corrected chi connectivity index (χ1v) is 14.4. The number of carbonyl (C=O) groups is 3. The molecule has 3 saturated heterocycles. The smallest absolute Gasteiger partial charge is 0.312 e. The maximum absolute atomic E-state index is 14.8. The van der Waals surface area contributed by atoms with Crippen molar-refractivity contribution < 1.29 is 29.0 Å². The molecule has 8 heteroatoms. The second-order valence-electron chi connectivity index (χ2n) is 11.8. The van der Waals surface area contributed by atoms with Gasteiger partial charge in [0.2, 0.25) is 5.91 Å². The number of ether oxygens (including phenoxy) is 2. The number of rotatable bonds is 12. The molecule has 0 radical (unpaired) electrons. The van der Waals surface area contributed by atoms with Crippen LogP contribution < -0.4 is 4.90 Å². The van der Waals surface area contributed by atoms with Gasteiger partial charge in [0.25, 0.3) is 5.91 Å². The predicted molar refractivity (Wildman–Crippen MR) is 154 cm³/mol. The van der Waals surface area contributed by atoms with Crippen molar-refractivity contribution in [1.82, 2.24) is 4.90 Å². The summed E-state index contributed by atoms with van der Waals surface area (Å²) in [4.78, 5) is 46.1. The zero-order valence-corrected chi connectivity index (χ0v) is 24.5. The molecule has 3 heterocycles. The van der Waals surface area contributed by atoms with Crippen molar-refractivity contribution in [2.24, 2.45) is 17.8 Å². The van der Waals surface area contributed by atoms with Gasteiger partial charge in [-0.2, -0.15) is 0 Å². The fourth-order valence-electron chi connectivity index (χ4n) is 7.40. The van der Waals surface area contributed by atoms with Crippen molar-refractivity contribution in [3.8, 4) is 0 Å². The van der Waals surface area contributed by atoms with E-state index < -0.39 is 41.1 Å². The number of amides is 2. The third kappa shape index (κ3) is 4.49. The number of aliphatic hydroxyl groups is 1. The quantitative estimate of drug-likeness (QED) is 0.238. The molecule has 2 bridgehead atoms. The molecule has 0 aromatic heterocycles. The number of para-hydroxylation sites is 1. The van der Waals surface area contributed by atoms with Crippen molar-refractivity contribution in [2.45, 2.75) is 83.6 Å². The van der Waals surface area contributed by atoms with Crippen LogP contribution in [0.4, 0.5) is 5.69 Å². The van der Waals surface area contributed by atoms with E-state index in [1.807, 2.05) is 52.8 Å². The summed E-state index contributed by atoms with van der Waals surface area (Å²) >= 11 is 0. The summed E-state index contributed by atoms with van der Waals surface area (Å²) in [6.45, 7) is 17.4. The zero-order chi connectivity index (χ0) is 29.4. The number of aryl methyl sites for hydroxylation is 2. The van der Waals surface area contributed by atoms with Gasteiger partial charge in [0.1, 0.15) is 17.6 Å². The molecule has 1 aromatic carbocycles. The lowest BCUT2D eigenvalue weighted by Gasteiger charge is -2.41. The Morgan fingerprint density at radius 2 is 1.90 bits per heavy atom. The fourth-order valence-corrected chi connectivity index (χ4v) is 7.40. The maximum Gasteiger partial charge on any atom is 0.312 e. The van der Waals surface area contributed by atoms with Crippen molar-refractivity contribution >= 4 is 23.5 Å². The van der Waals surface area contributed by atoms with E-state index in [1.54, 1.807) is 17.1 Å². The highest BCUT2D eigenvalue weighted by Crippen LogP contribution is 2.65. The van der Waals surface area contributed by atoms with Crippen LogP contribution in [-0.4, -0.2) is 70.8 Å². The van der Waals surface area contributed by atoms with Crippen LogP contribution in [0.25, 0.3) is 0 Å². The second-order valence-corrected chi connectivity index (χ2v) is 11.8. The molecule has 1 aromatic rings. The van der Waals surface area contributed by atoms with Gasteiger partial charge in [-0.3, -0.25) is 14.4 Å². The zero-order valence-electron chi connectivity index (χ0n) is 24.5. The first kappa shape index (κ1) is 30.0. The predicted octanol–water partition coefficient (Wildman–Crippen LogP) is 4.11. The average Bonchev–Trinajstić information content (AvgIpc) is 3.52. The lowest BCUT2D eigenvalue weighted by molar-refractivity contribution is -0.162. The second kappa shape index (κ2) is 11.5. The van der Waals surface area contributed by atoms with Gasteiger partial charge >= 0.3 is 5.97 Å². The average molecular weight is 553 g/mol. The summed E-state index contributed by atoms with van der Waals surface area (Å²) in [7, 11) is 0. The third-order valence-electron chi connectivity index (χ3n) is 9.27. The number of hydrogen-bond acceptors (Lipinski definition) is 6. The maximum atomic E-state index is 14.8. The Morgan fingerprint density at radius 3 is 2.45 bits per heavy atom. The highest BCUT2D eigenvalue weighted by molar-refractivity contribution is 6.05. The van der Waals surface area contributed by atoms with Crippen LogP contribution in [0.5, 0.6) is 0 Å². The van der Waals surface area contributed by atoms with E-state index in [0.717, 1.165) is 16.8 Å². The van der Waals surface area contributed by atoms with Crippen LogP contribution in [0.1, 0.15) is 57.6 Å². The molecule has 218 valence electrons. The number of anilines is 1. The molecule has 3 fully saturated rings. The van der Waals surface area contributed by atoms with E-state index in [9.17, 15) is 19.5 Å². The van der Waals surface area contributed by atoms with Crippen molar-refractivity contribution in [1.29, 1.82) is 0 Å². The van der Waals surface area contributed by atoms with E-state index >= 15 is 0 Å². The number of likely N-dealkylation sites (tertiary alicyclic amines) is 1. The van der Waals surface area contributed by atoms with Gasteiger partial charge in [0.15, 0.2) is 0 Å². The molecule has 40 heavy (non-hydrogen) atoms. The lowest BCUT2D eigenvalue weighted by atomic mass is 9.65. The third-order valence-corrected chi connectivity index (χ3v) is 9.27. The van der Waals surface area contributed by atoms with E-state index in [1.165, 1.54) is 4.90 Å². The number of carbonyl (C=O) groups excluding carboxylic acids is 3. The van der Waals surface area contributed by atoms with E-state index in [4.69, 9.17) is 9.47 Å². The molecule has 2 unspecified atom stereocenters. The van der Waals surface area contributed by atoms with E-state index in [0.29, 0.717) is 25.7 Å². The van der Waals surface area contributed by atoms with Crippen molar-refractivity contribution in [3.05, 3.63) is 54.6 Å². The summed E-state index contributed by atoms with van der Waals surface area (Å²) in [5.41, 5.74) is 0.527. The van der Waals surface area contributed by atoms with Gasteiger partial charge in [0.05, 0.1) is 30.8 Å². The standard InChI is InChI=1S/C32H44N2O6/c1-8-11-18-39-30(38)25-24-28(36)34(23(19-35)20(4)5)27(32(24)16-15-31(25,10-3)40-32)29(37)33(17-9-2)26-21(6)13-12-14-22(26)7/h8-9,12-14,20,23-25,27,35H,1-2,10-11,15-19H2,3-7H3/t23-,24-,25-,27?,31+,32?/m0/s1. The molecule has 8 nitrogen and oxygen atoms in total. The molecular formula is C32H44N2O6. The molecule has 1 spiro atoms. The van der Waals surface area contributed by atoms with Gasteiger partial charge in [-0.05, 0) is 56.6 Å². The highest BCUT2D eigenvalue weighted by atomic mass is 16.6. The largest absolute Gasteiger partial charge is 0.465 e. The first-order valence-electron chi connectivity index (χ1n) is 14.4. The van der Waals surface area contributed by atoms with Crippen molar-refractivity contribution in [3.63, 3.8) is 0 Å². The van der Waals surface area contributed by atoms with Crippen molar-refractivity contribution in [2.75, 3.05) is 24.7 Å². The minimum absolute atomic E-state index is 0.136. The number of aliphatic hydroxyl groups excluding tert-OH is 1. The SMILES string of the molecule is C=CCCOC(=O)[C@@H]1[C@H]2C(=O)N([C@@H](CO)C(C)C)C(C(=O)N(CC=C)c3c(C)cccc3C)C23CC[C@@]1(CC)O3. The minimum atomic E-state index is -1.20. The summed E-state index contributed by atoms with van der Waals surface area (Å²) in [5, 5.41) is 10.5. The molecular weight excluding hydrogens is 508 g/mol. The number of fused-ring (bicyclic) bond motifs is 1. The molecule has 6 atom stereocenters. The Balaban J connectivity index is 1.88. The highest BCUT2D eigenvalue weighted by Gasteiger charge is 2.79. The van der Waals surface area contributed by atoms with Crippen LogP contribution in [0.15, 0.2) is 43.5 Å². The minimum Gasteiger partial charge on any atom is -0.465 e. The summed E-state index contributed by atoms with van der Waals surface area (Å²) < 4.78 is 12.5. The van der Waals surface area contributed by atoms with Crippen LogP contribution >= 0.6 is 0 Å². The molecule has 0 saturated carbocycles. The Bertz CT molecular complexity index is 1160. The number of hydrogen-bond donors (Lipinski definition) is 1. The van der Waals surface area contributed by atoms with Crippen LogP contribution in [0.2, 0.25) is 0 Å². The first-order chi connectivity index (χ1) is 19.0.